The summed E-state index contributed by atoms with van der Waals surface area (Å²) in [6.07, 6.45) is 7.61. The van der Waals surface area contributed by atoms with Crippen LogP contribution in [-0.4, -0.2) is 82.0 Å². The van der Waals surface area contributed by atoms with Gasteiger partial charge < -0.3 is 24.8 Å². The fraction of sp³-hybridized carbons (Fsp3) is 0.690. The highest BCUT2D eigenvalue weighted by Gasteiger charge is 2.43. The van der Waals surface area contributed by atoms with Gasteiger partial charge in [-0.25, -0.2) is 4.79 Å². The van der Waals surface area contributed by atoms with E-state index in [-0.39, 0.29) is 34.6 Å². The van der Waals surface area contributed by atoms with Crippen LogP contribution in [0.2, 0.25) is 0 Å². The maximum Gasteiger partial charge on any atom is 0.410 e. The van der Waals surface area contributed by atoms with E-state index in [1.807, 2.05) is 31.7 Å². The van der Waals surface area contributed by atoms with Crippen molar-refractivity contribution in [3.8, 4) is 0 Å². The van der Waals surface area contributed by atoms with E-state index in [1.165, 1.54) is 31.4 Å². The minimum absolute atomic E-state index is 0.00684. The van der Waals surface area contributed by atoms with Gasteiger partial charge in [0.1, 0.15) is 5.60 Å². The molecule has 3 unspecified atom stereocenters. The molecule has 1 N–H and O–H groups in total. The van der Waals surface area contributed by atoms with E-state index >= 15 is 0 Å². The van der Waals surface area contributed by atoms with Crippen LogP contribution in [0.3, 0.4) is 0 Å². The van der Waals surface area contributed by atoms with Crippen LogP contribution in [0.5, 0.6) is 0 Å². The molecule has 3 fully saturated rings. The maximum atomic E-state index is 13.8. The normalized spacial score (nSPS) is 26.2. The number of ether oxygens (including phenoxy) is 1. The lowest BCUT2D eigenvalue weighted by Gasteiger charge is -2.37. The van der Waals surface area contributed by atoms with Crippen LogP contribution < -0.4 is 10.2 Å². The highest BCUT2D eigenvalue weighted by atomic mass is 32.2. The Morgan fingerprint density at radius 1 is 0.923 bits per heavy atom. The number of hydrogen-bond donors (Lipinski definition) is 1. The van der Waals surface area contributed by atoms with Crippen molar-refractivity contribution >= 4 is 47.1 Å². The number of hydrogen-bond acceptors (Lipinski definition) is 7. The summed E-state index contributed by atoms with van der Waals surface area (Å²) >= 11 is 3.31. The summed E-state index contributed by atoms with van der Waals surface area (Å²) in [5, 5.41) is 2.76. The number of carbonyl (C=O) groups is 3. The zero-order chi connectivity index (χ0) is 27.6. The van der Waals surface area contributed by atoms with Crippen molar-refractivity contribution in [2.45, 2.75) is 93.0 Å². The lowest BCUT2D eigenvalue weighted by Crippen LogP contribution is -2.55. The zero-order valence-corrected chi connectivity index (χ0v) is 25.0. The summed E-state index contributed by atoms with van der Waals surface area (Å²) in [6, 6.07) is 8.74. The maximum absolute atomic E-state index is 13.8. The van der Waals surface area contributed by atoms with Gasteiger partial charge in [-0.2, -0.15) is 0 Å². The Bertz CT molecular complexity index is 1050. The summed E-state index contributed by atoms with van der Waals surface area (Å²) in [5.74, 6) is 0.695. The van der Waals surface area contributed by atoms with Gasteiger partial charge in [-0.1, -0.05) is 49.6 Å². The second kappa shape index (κ2) is 12.2. The molecule has 3 heterocycles. The van der Waals surface area contributed by atoms with Crippen LogP contribution in [0.25, 0.3) is 0 Å². The molecule has 0 spiro atoms. The van der Waals surface area contributed by atoms with E-state index in [2.05, 4.69) is 28.4 Å². The van der Waals surface area contributed by atoms with Gasteiger partial charge in [0.15, 0.2) is 5.37 Å². The van der Waals surface area contributed by atoms with E-state index in [0.29, 0.717) is 32.2 Å². The number of para-hydroxylation sites is 1. The summed E-state index contributed by atoms with van der Waals surface area (Å²) in [4.78, 5) is 46.9. The van der Waals surface area contributed by atoms with Crippen LogP contribution >= 0.6 is 23.5 Å². The predicted molar refractivity (Wildman–Crippen MR) is 157 cm³/mol. The van der Waals surface area contributed by atoms with Gasteiger partial charge in [0.25, 0.3) is 5.91 Å². The topological polar surface area (TPSA) is 82.2 Å². The number of piperazine rings is 1. The van der Waals surface area contributed by atoms with Crippen LogP contribution in [0.4, 0.5) is 10.5 Å². The van der Waals surface area contributed by atoms with Gasteiger partial charge in [0.2, 0.25) is 5.91 Å². The van der Waals surface area contributed by atoms with E-state index < -0.39 is 5.60 Å². The van der Waals surface area contributed by atoms with Crippen molar-refractivity contribution in [1.82, 2.24) is 15.1 Å². The first-order chi connectivity index (χ1) is 18.7. The van der Waals surface area contributed by atoms with Gasteiger partial charge in [-0.05, 0) is 57.9 Å². The molecule has 3 atom stereocenters. The largest absolute Gasteiger partial charge is 0.444 e. The van der Waals surface area contributed by atoms with E-state index in [0.717, 1.165) is 29.9 Å². The fourth-order valence-electron chi connectivity index (χ4n) is 6.04. The monoisotopic (exact) mass is 574 g/mol. The first-order valence-corrected chi connectivity index (χ1v) is 16.4. The average Bonchev–Trinajstić information content (AvgIpc) is 3.43. The molecule has 3 aliphatic heterocycles. The molecular formula is C29H42N4O4S2. The van der Waals surface area contributed by atoms with Gasteiger partial charge >= 0.3 is 6.09 Å². The molecule has 214 valence electrons. The van der Waals surface area contributed by atoms with E-state index in [9.17, 15) is 14.4 Å². The van der Waals surface area contributed by atoms with Crippen LogP contribution in [0, 0.1) is 5.92 Å². The van der Waals surface area contributed by atoms with Crippen molar-refractivity contribution in [1.29, 1.82) is 0 Å². The summed E-state index contributed by atoms with van der Waals surface area (Å²) in [5.41, 5.74) is 0.630. The number of nitrogens with zero attached hydrogens (tertiary/aromatic N) is 3. The number of fused-ring (bicyclic) bond motifs is 1. The third kappa shape index (κ3) is 6.64. The molecule has 2 saturated heterocycles. The first-order valence-electron chi connectivity index (χ1n) is 14.4. The lowest BCUT2D eigenvalue weighted by atomic mass is 10.0. The summed E-state index contributed by atoms with van der Waals surface area (Å²) in [6.45, 7) is 7.47. The number of rotatable bonds is 4. The molecule has 0 aromatic heterocycles. The molecule has 4 aliphatic rings. The Morgan fingerprint density at radius 2 is 1.59 bits per heavy atom. The molecule has 1 aromatic rings. The summed E-state index contributed by atoms with van der Waals surface area (Å²) < 4.78 is 5.49. The number of benzene rings is 1. The molecule has 1 aromatic carbocycles. The molecule has 1 saturated carbocycles. The second-order valence-corrected chi connectivity index (χ2v) is 14.3. The van der Waals surface area contributed by atoms with Crippen LogP contribution in [0.1, 0.15) is 65.7 Å². The Kier molecular flexibility index (Phi) is 8.91. The molecule has 5 rings (SSSR count). The van der Waals surface area contributed by atoms with Gasteiger partial charge in [0.05, 0.1) is 17.0 Å². The molecule has 3 amide bonds. The molecule has 39 heavy (non-hydrogen) atoms. The number of anilines is 1. The number of nitrogens with one attached hydrogen (secondary N) is 1. The third-order valence-corrected chi connectivity index (χ3v) is 10.6. The Morgan fingerprint density at radius 3 is 2.28 bits per heavy atom. The number of thioether (sulfide) groups is 2. The number of amides is 3. The average molecular weight is 575 g/mol. The number of carbonyl (C=O) groups excluding carboxylic acids is 3. The molecular weight excluding hydrogens is 532 g/mol. The Hall–Kier alpha value is -2.07. The van der Waals surface area contributed by atoms with Gasteiger partial charge in [-0.3, -0.25) is 9.59 Å². The van der Waals surface area contributed by atoms with Gasteiger partial charge in [-0.15, -0.1) is 11.8 Å². The lowest BCUT2D eigenvalue weighted by molar-refractivity contribution is -0.137. The quantitative estimate of drug-likeness (QED) is 0.511. The third-order valence-electron chi connectivity index (χ3n) is 8.01. The van der Waals surface area contributed by atoms with Crippen molar-refractivity contribution in [3.63, 3.8) is 0 Å². The smallest absolute Gasteiger partial charge is 0.410 e. The van der Waals surface area contributed by atoms with Crippen molar-refractivity contribution in [2.75, 3.05) is 36.8 Å². The highest BCUT2D eigenvalue weighted by molar-refractivity contribution is 8.01. The summed E-state index contributed by atoms with van der Waals surface area (Å²) in [7, 11) is 0. The minimum atomic E-state index is -0.540. The minimum Gasteiger partial charge on any atom is -0.444 e. The molecule has 1 aliphatic carbocycles. The van der Waals surface area contributed by atoms with Gasteiger partial charge in [0, 0.05) is 37.1 Å². The van der Waals surface area contributed by atoms with Crippen molar-refractivity contribution in [3.05, 3.63) is 24.3 Å². The van der Waals surface area contributed by atoms with E-state index in [4.69, 9.17) is 4.74 Å². The first kappa shape index (κ1) is 28.5. The molecule has 10 heteroatoms. The van der Waals surface area contributed by atoms with Crippen LogP contribution in [-0.2, 0) is 14.3 Å². The predicted octanol–water partition coefficient (Wildman–Crippen LogP) is 4.92. The molecule has 0 bridgehead atoms. The zero-order valence-electron chi connectivity index (χ0n) is 23.4. The van der Waals surface area contributed by atoms with Crippen LogP contribution in [0.15, 0.2) is 29.2 Å². The molecule has 0 radical (unpaired) electrons. The molecule has 8 nitrogen and oxygen atoms in total. The SMILES string of the molecule is CC(C)(C)OC(=O)N1CCN(C(=O)C2CCSC2NC(=O)C2Sc3ccccc3N2C2CCCCCC2)CC1. The Labute approximate surface area is 240 Å². The Balaban J connectivity index is 1.21. The van der Waals surface area contributed by atoms with E-state index in [1.54, 1.807) is 28.4 Å². The standard InChI is InChI=1S/C29H42N4O4S2/c1-29(2,3)37-28(36)32-17-15-31(16-18-32)26(35)21-14-19-38-25(21)30-24(34)27-33(20-10-6-4-5-7-11-20)22-12-8-9-13-23(22)39-27/h8-9,12-13,20-21,25,27H,4-7,10-11,14-19H2,1-3H3,(H,30,34). The second-order valence-electron chi connectivity index (χ2n) is 12.0. The highest BCUT2D eigenvalue weighted by Crippen LogP contribution is 2.46. The fourth-order valence-corrected chi connectivity index (χ4v) is 8.64. The van der Waals surface area contributed by atoms with Crippen molar-refractivity contribution < 1.29 is 19.1 Å². The van der Waals surface area contributed by atoms with Crippen molar-refractivity contribution in [2.24, 2.45) is 5.92 Å².